The van der Waals surface area contributed by atoms with E-state index in [2.05, 4.69) is 10.5 Å². The number of rotatable bonds is 4. The third-order valence-corrected chi connectivity index (χ3v) is 5.17. The van der Waals surface area contributed by atoms with Gasteiger partial charge in [-0.05, 0) is 44.4 Å². The Balaban J connectivity index is 1.50. The topological polar surface area (TPSA) is 95.8 Å². The monoisotopic (exact) mass is 382 g/mol. The second-order valence-electron chi connectivity index (χ2n) is 7.17. The van der Waals surface area contributed by atoms with E-state index in [1.54, 1.807) is 41.0 Å². The number of aromatic nitrogens is 1. The molecule has 4 rings (SSSR count). The summed E-state index contributed by atoms with van der Waals surface area (Å²) in [5, 5.41) is 6.48. The van der Waals surface area contributed by atoms with E-state index >= 15 is 0 Å². The molecule has 0 saturated carbocycles. The molecule has 2 fully saturated rings. The lowest BCUT2D eigenvalue weighted by atomic mass is 10.1. The molecule has 146 valence electrons. The van der Waals surface area contributed by atoms with Crippen LogP contribution >= 0.6 is 0 Å². The first-order chi connectivity index (χ1) is 13.5. The summed E-state index contributed by atoms with van der Waals surface area (Å²) in [7, 11) is 0. The first-order valence-electron chi connectivity index (χ1n) is 9.48. The molecule has 0 spiro atoms. The molecule has 1 N–H and O–H groups in total. The van der Waals surface area contributed by atoms with Crippen LogP contribution in [0.3, 0.4) is 0 Å². The fourth-order valence-electron chi connectivity index (χ4n) is 3.81. The fraction of sp³-hybridized carbons (Fsp3) is 0.400. The van der Waals surface area contributed by atoms with Gasteiger partial charge in [0, 0.05) is 36.8 Å². The number of carbonyl (C=O) groups is 3. The molecule has 1 aromatic heterocycles. The second kappa shape index (κ2) is 7.46. The maximum Gasteiger partial charge on any atom is 0.254 e. The molecule has 28 heavy (non-hydrogen) atoms. The number of amides is 3. The Kier molecular flexibility index (Phi) is 4.85. The van der Waals surface area contributed by atoms with E-state index in [9.17, 15) is 14.4 Å². The van der Waals surface area contributed by atoms with Crippen LogP contribution in [0, 0.1) is 6.92 Å². The predicted octanol–water partition coefficient (Wildman–Crippen LogP) is 2.35. The van der Waals surface area contributed by atoms with Crippen molar-refractivity contribution in [1.82, 2.24) is 10.1 Å². The van der Waals surface area contributed by atoms with Crippen molar-refractivity contribution in [1.29, 1.82) is 0 Å². The molecule has 2 saturated heterocycles. The average molecular weight is 382 g/mol. The van der Waals surface area contributed by atoms with E-state index in [1.165, 1.54) is 0 Å². The van der Waals surface area contributed by atoms with Gasteiger partial charge in [0.25, 0.3) is 5.91 Å². The van der Waals surface area contributed by atoms with Gasteiger partial charge >= 0.3 is 0 Å². The van der Waals surface area contributed by atoms with Gasteiger partial charge in [0.05, 0.1) is 0 Å². The molecule has 0 bridgehead atoms. The summed E-state index contributed by atoms with van der Waals surface area (Å²) < 4.78 is 4.96. The molecule has 3 heterocycles. The lowest BCUT2D eigenvalue weighted by Crippen LogP contribution is -2.43. The van der Waals surface area contributed by atoms with E-state index < -0.39 is 6.04 Å². The third kappa shape index (κ3) is 3.49. The Morgan fingerprint density at radius 3 is 2.79 bits per heavy atom. The SMILES string of the molecule is Cc1cc(NC(=O)[C@@H]2CCCN2C(=O)c2cccc(N3CCCC3=O)c2)no1. The van der Waals surface area contributed by atoms with E-state index in [4.69, 9.17) is 4.52 Å². The predicted molar refractivity (Wildman–Crippen MR) is 102 cm³/mol. The molecule has 0 radical (unpaired) electrons. The van der Waals surface area contributed by atoms with E-state index in [0.717, 1.165) is 18.5 Å². The van der Waals surface area contributed by atoms with Crippen molar-refractivity contribution in [3.63, 3.8) is 0 Å². The molecule has 0 unspecified atom stereocenters. The largest absolute Gasteiger partial charge is 0.360 e. The van der Waals surface area contributed by atoms with E-state index in [-0.39, 0.29) is 17.7 Å². The van der Waals surface area contributed by atoms with E-state index in [0.29, 0.717) is 43.1 Å². The summed E-state index contributed by atoms with van der Waals surface area (Å²) in [6.45, 7) is 2.93. The van der Waals surface area contributed by atoms with Crippen molar-refractivity contribution < 1.29 is 18.9 Å². The molecule has 2 aliphatic rings. The highest BCUT2D eigenvalue weighted by Gasteiger charge is 2.35. The van der Waals surface area contributed by atoms with E-state index in [1.807, 2.05) is 6.07 Å². The third-order valence-electron chi connectivity index (χ3n) is 5.17. The lowest BCUT2D eigenvalue weighted by molar-refractivity contribution is -0.120. The van der Waals surface area contributed by atoms with Gasteiger partial charge in [-0.1, -0.05) is 11.2 Å². The molecule has 8 heteroatoms. The smallest absolute Gasteiger partial charge is 0.254 e. The van der Waals surface area contributed by atoms with Crippen molar-refractivity contribution in [3.05, 3.63) is 41.7 Å². The number of likely N-dealkylation sites (tertiary alicyclic amines) is 1. The first-order valence-corrected chi connectivity index (χ1v) is 9.48. The number of nitrogens with zero attached hydrogens (tertiary/aromatic N) is 3. The summed E-state index contributed by atoms with van der Waals surface area (Å²) in [6, 6.07) is 8.15. The zero-order valence-electron chi connectivity index (χ0n) is 15.7. The quantitative estimate of drug-likeness (QED) is 0.876. The van der Waals surface area contributed by atoms with Gasteiger partial charge in [-0.25, -0.2) is 0 Å². The van der Waals surface area contributed by atoms with Gasteiger partial charge in [0.15, 0.2) is 5.82 Å². The van der Waals surface area contributed by atoms with Gasteiger partial charge in [-0.15, -0.1) is 0 Å². The minimum absolute atomic E-state index is 0.0749. The van der Waals surface area contributed by atoms with Crippen molar-refractivity contribution >= 4 is 29.2 Å². The molecule has 2 aliphatic heterocycles. The summed E-state index contributed by atoms with van der Waals surface area (Å²) >= 11 is 0. The van der Waals surface area contributed by atoms with Crippen LogP contribution in [0.2, 0.25) is 0 Å². The van der Waals surface area contributed by atoms with Crippen molar-refractivity contribution in [3.8, 4) is 0 Å². The maximum absolute atomic E-state index is 13.1. The molecular weight excluding hydrogens is 360 g/mol. The second-order valence-corrected chi connectivity index (χ2v) is 7.17. The molecular formula is C20H22N4O4. The van der Waals surface area contributed by atoms with Crippen LogP contribution in [-0.4, -0.2) is 46.9 Å². The highest BCUT2D eigenvalue weighted by Crippen LogP contribution is 2.26. The Morgan fingerprint density at radius 1 is 1.21 bits per heavy atom. The number of carbonyl (C=O) groups excluding carboxylic acids is 3. The first kappa shape index (κ1) is 18.2. The minimum atomic E-state index is -0.554. The average Bonchev–Trinajstić information content (AvgIpc) is 3.42. The lowest BCUT2D eigenvalue weighted by Gasteiger charge is -2.24. The van der Waals surface area contributed by atoms with Gasteiger partial charge in [-0.2, -0.15) is 0 Å². The Hall–Kier alpha value is -3.16. The number of nitrogens with one attached hydrogen (secondary N) is 1. The Morgan fingerprint density at radius 2 is 2.07 bits per heavy atom. The van der Waals surface area contributed by atoms with Crippen LogP contribution in [0.1, 0.15) is 41.8 Å². The van der Waals surface area contributed by atoms with Gasteiger partial charge in [0.2, 0.25) is 11.8 Å². The summed E-state index contributed by atoms with van der Waals surface area (Å²) in [6.07, 6.45) is 2.71. The standard InChI is InChI=1S/C20H22N4O4/c1-13-11-17(22-28-13)21-19(26)16-7-3-10-24(16)20(27)14-5-2-6-15(12-14)23-9-4-8-18(23)25/h2,5-6,11-12,16H,3-4,7-10H2,1H3,(H,21,22,26)/t16-/m0/s1. The van der Waals surface area contributed by atoms with Gasteiger partial charge < -0.3 is 19.6 Å². The molecule has 1 aromatic carbocycles. The number of benzene rings is 1. The van der Waals surface area contributed by atoms with Crippen LogP contribution in [0.4, 0.5) is 11.5 Å². The van der Waals surface area contributed by atoms with Crippen LogP contribution in [0.5, 0.6) is 0 Å². The maximum atomic E-state index is 13.1. The highest BCUT2D eigenvalue weighted by atomic mass is 16.5. The number of aryl methyl sites for hydroxylation is 1. The van der Waals surface area contributed by atoms with Crippen LogP contribution in [0.15, 0.2) is 34.9 Å². The number of anilines is 2. The van der Waals surface area contributed by atoms with Gasteiger partial charge in [0.1, 0.15) is 11.8 Å². The number of hydrogen-bond donors (Lipinski definition) is 1. The molecule has 1 atom stereocenters. The summed E-state index contributed by atoms with van der Waals surface area (Å²) in [4.78, 5) is 41.0. The molecule has 3 amide bonds. The van der Waals surface area contributed by atoms with Crippen molar-refractivity contribution in [2.24, 2.45) is 0 Å². The molecule has 2 aromatic rings. The summed E-state index contributed by atoms with van der Waals surface area (Å²) in [5.74, 6) is 0.540. The summed E-state index contributed by atoms with van der Waals surface area (Å²) in [5.41, 5.74) is 1.21. The normalized spacial score (nSPS) is 19.3. The number of hydrogen-bond acceptors (Lipinski definition) is 5. The van der Waals surface area contributed by atoms with Crippen molar-refractivity contribution in [2.45, 2.75) is 38.6 Å². The molecule has 8 nitrogen and oxygen atoms in total. The zero-order valence-corrected chi connectivity index (χ0v) is 15.7. The van der Waals surface area contributed by atoms with Gasteiger partial charge in [-0.3, -0.25) is 14.4 Å². The van der Waals surface area contributed by atoms with Crippen LogP contribution < -0.4 is 10.2 Å². The minimum Gasteiger partial charge on any atom is -0.360 e. The fourth-order valence-corrected chi connectivity index (χ4v) is 3.81. The van der Waals surface area contributed by atoms with Crippen molar-refractivity contribution in [2.75, 3.05) is 23.3 Å². The highest BCUT2D eigenvalue weighted by molar-refractivity contribution is 6.02. The van der Waals surface area contributed by atoms with Crippen LogP contribution in [-0.2, 0) is 9.59 Å². The molecule has 0 aliphatic carbocycles. The Bertz CT molecular complexity index is 922. The van der Waals surface area contributed by atoms with Crippen LogP contribution in [0.25, 0.3) is 0 Å². The zero-order chi connectivity index (χ0) is 19.7. The Labute approximate surface area is 162 Å².